The summed E-state index contributed by atoms with van der Waals surface area (Å²) in [4.78, 5) is 13.8. The molecular weight excluding hydrogens is 236 g/mol. The molecule has 1 aliphatic rings. The number of nitrogens with zero attached hydrogens (tertiary/aromatic N) is 1. The normalized spacial score (nSPS) is 15.6. The molecule has 1 aliphatic heterocycles. The fraction of sp³-hybridized carbons (Fsp3) is 0.462. The number of hydrogen-bond donors (Lipinski definition) is 1. The van der Waals surface area contributed by atoms with Gasteiger partial charge in [-0.15, -0.1) is 0 Å². The molecule has 4 heteroatoms. The van der Waals surface area contributed by atoms with Crippen molar-refractivity contribution >= 4 is 28.9 Å². The molecule has 1 aromatic carbocycles. The van der Waals surface area contributed by atoms with E-state index in [1.54, 1.807) is 0 Å². The number of nitrogens with one attached hydrogen (secondary N) is 1. The van der Waals surface area contributed by atoms with Gasteiger partial charge in [-0.2, -0.15) is 0 Å². The lowest BCUT2D eigenvalue weighted by atomic mass is 10.00. The van der Waals surface area contributed by atoms with Crippen LogP contribution in [0.1, 0.15) is 26.3 Å². The highest BCUT2D eigenvalue weighted by molar-refractivity contribution is 6.32. The van der Waals surface area contributed by atoms with Crippen molar-refractivity contribution in [3.8, 4) is 0 Å². The molecule has 0 atom stereocenters. The van der Waals surface area contributed by atoms with Gasteiger partial charge in [0.1, 0.15) is 0 Å². The second-order valence-electron chi connectivity index (χ2n) is 5.37. The molecule has 0 unspecified atom stereocenters. The van der Waals surface area contributed by atoms with Crippen molar-refractivity contribution in [2.75, 3.05) is 16.8 Å². The van der Waals surface area contributed by atoms with Gasteiger partial charge < -0.3 is 10.2 Å². The number of amides is 1. The van der Waals surface area contributed by atoms with Crippen molar-refractivity contribution in [2.24, 2.45) is 0 Å². The highest BCUT2D eigenvalue weighted by atomic mass is 35.5. The number of carbonyl (C=O) groups excluding carboxylic acids is 1. The summed E-state index contributed by atoms with van der Waals surface area (Å²) in [6, 6.07) is 3.68. The zero-order valence-electron chi connectivity index (χ0n) is 10.6. The van der Waals surface area contributed by atoms with Gasteiger partial charge in [-0.05, 0) is 45.4 Å². The van der Waals surface area contributed by atoms with Crippen LogP contribution < -0.4 is 10.2 Å². The summed E-state index contributed by atoms with van der Waals surface area (Å²) in [6.45, 7) is 8.64. The molecular formula is C13H17ClN2O. The van der Waals surface area contributed by atoms with Crippen LogP contribution in [0.15, 0.2) is 12.1 Å². The smallest absolute Gasteiger partial charge is 0.243 e. The minimum absolute atomic E-state index is 0.0224. The fourth-order valence-corrected chi connectivity index (χ4v) is 2.26. The third-order valence-corrected chi connectivity index (χ3v) is 3.43. The fourth-order valence-electron chi connectivity index (χ4n) is 2.11. The highest BCUT2D eigenvalue weighted by Crippen LogP contribution is 2.39. The standard InChI is InChI=1S/C13H17ClN2O/c1-8-9(14)5-6-10-12(8)16(13(2,3)4)7-11(17)15-10/h5-6H,7H2,1-4H3,(H,15,17). The summed E-state index contributed by atoms with van der Waals surface area (Å²) < 4.78 is 0. The van der Waals surface area contributed by atoms with E-state index in [0.717, 1.165) is 22.0 Å². The summed E-state index contributed by atoms with van der Waals surface area (Å²) in [6.07, 6.45) is 0. The van der Waals surface area contributed by atoms with Crippen LogP contribution in [0.4, 0.5) is 11.4 Å². The Kier molecular flexibility index (Phi) is 2.82. The van der Waals surface area contributed by atoms with Gasteiger partial charge in [-0.25, -0.2) is 0 Å². The van der Waals surface area contributed by atoms with Crippen LogP contribution in [0.25, 0.3) is 0 Å². The molecule has 1 heterocycles. The van der Waals surface area contributed by atoms with E-state index in [4.69, 9.17) is 11.6 Å². The zero-order chi connectivity index (χ0) is 12.8. The Hall–Kier alpha value is -1.22. The Morgan fingerprint density at radius 2 is 2.00 bits per heavy atom. The number of rotatable bonds is 0. The molecule has 0 bridgehead atoms. The van der Waals surface area contributed by atoms with Crippen LogP contribution in [-0.2, 0) is 4.79 Å². The zero-order valence-corrected chi connectivity index (χ0v) is 11.4. The molecule has 92 valence electrons. The molecule has 0 saturated heterocycles. The van der Waals surface area contributed by atoms with Crippen LogP contribution in [0.2, 0.25) is 5.02 Å². The van der Waals surface area contributed by atoms with E-state index in [0.29, 0.717) is 6.54 Å². The number of hydrogen-bond acceptors (Lipinski definition) is 2. The van der Waals surface area contributed by atoms with Gasteiger partial charge >= 0.3 is 0 Å². The molecule has 0 aliphatic carbocycles. The topological polar surface area (TPSA) is 32.3 Å². The van der Waals surface area contributed by atoms with Gasteiger partial charge in [0.2, 0.25) is 5.91 Å². The number of anilines is 2. The molecule has 1 amide bonds. The monoisotopic (exact) mass is 252 g/mol. The van der Waals surface area contributed by atoms with Crippen molar-refractivity contribution in [2.45, 2.75) is 33.2 Å². The highest BCUT2D eigenvalue weighted by Gasteiger charge is 2.31. The maximum Gasteiger partial charge on any atom is 0.243 e. The summed E-state index contributed by atoms with van der Waals surface area (Å²) in [5.41, 5.74) is 2.78. The lowest BCUT2D eigenvalue weighted by Crippen LogP contribution is -2.49. The van der Waals surface area contributed by atoms with Gasteiger partial charge in [0.25, 0.3) is 0 Å². The maximum absolute atomic E-state index is 11.7. The van der Waals surface area contributed by atoms with E-state index in [1.807, 2.05) is 19.1 Å². The molecule has 17 heavy (non-hydrogen) atoms. The van der Waals surface area contributed by atoms with Gasteiger partial charge in [0.15, 0.2) is 0 Å². The predicted molar refractivity (Wildman–Crippen MR) is 71.9 cm³/mol. The third-order valence-electron chi connectivity index (χ3n) is 3.02. The molecule has 0 radical (unpaired) electrons. The average molecular weight is 253 g/mol. The molecule has 3 nitrogen and oxygen atoms in total. The van der Waals surface area contributed by atoms with Gasteiger partial charge in [-0.3, -0.25) is 4.79 Å². The summed E-state index contributed by atoms with van der Waals surface area (Å²) in [7, 11) is 0. The first kappa shape index (κ1) is 12.2. The molecule has 0 spiro atoms. The lowest BCUT2D eigenvalue weighted by molar-refractivity contribution is -0.115. The van der Waals surface area contributed by atoms with Crippen molar-refractivity contribution in [1.29, 1.82) is 0 Å². The number of benzene rings is 1. The Bertz CT molecular complexity index is 477. The molecule has 0 aromatic heterocycles. The first-order valence-electron chi connectivity index (χ1n) is 5.67. The Balaban J connectivity index is 2.62. The molecule has 1 aromatic rings. The van der Waals surface area contributed by atoms with E-state index in [1.165, 1.54) is 0 Å². The summed E-state index contributed by atoms with van der Waals surface area (Å²) >= 11 is 6.16. The SMILES string of the molecule is Cc1c(Cl)ccc2c1N(C(C)(C)C)CC(=O)N2. The summed E-state index contributed by atoms with van der Waals surface area (Å²) in [5, 5.41) is 3.62. The average Bonchev–Trinajstić information content (AvgIpc) is 2.21. The van der Waals surface area contributed by atoms with Crippen molar-refractivity contribution in [1.82, 2.24) is 0 Å². The Morgan fingerprint density at radius 1 is 1.35 bits per heavy atom. The van der Waals surface area contributed by atoms with E-state index < -0.39 is 0 Å². The first-order valence-corrected chi connectivity index (χ1v) is 6.05. The Morgan fingerprint density at radius 3 is 2.59 bits per heavy atom. The van der Waals surface area contributed by atoms with Crippen LogP contribution in [-0.4, -0.2) is 18.0 Å². The third kappa shape index (κ3) is 2.12. The quantitative estimate of drug-likeness (QED) is 0.769. The van der Waals surface area contributed by atoms with Crippen LogP contribution in [0.3, 0.4) is 0 Å². The Labute approximate surface area is 107 Å². The van der Waals surface area contributed by atoms with Gasteiger partial charge in [0, 0.05) is 10.6 Å². The largest absolute Gasteiger partial charge is 0.355 e. The van der Waals surface area contributed by atoms with Crippen molar-refractivity contribution < 1.29 is 4.79 Å². The van der Waals surface area contributed by atoms with Crippen LogP contribution >= 0.6 is 11.6 Å². The maximum atomic E-state index is 11.7. The number of fused-ring (bicyclic) bond motifs is 1. The van der Waals surface area contributed by atoms with E-state index in [9.17, 15) is 4.79 Å². The van der Waals surface area contributed by atoms with E-state index in [2.05, 4.69) is 31.0 Å². The first-order chi connectivity index (χ1) is 7.80. The number of carbonyl (C=O) groups is 1. The van der Waals surface area contributed by atoms with Gasteiger partial charge in [0.05, 0.1) is 17.9 Å². The van der Waals surface area contributed by atoms with Crippen molar-refractivity contribution in [3.63, 3.8) is 0 Å². The second kappa shape index (κ2) is 3.91. The van der Waals surface area contributed by atoms with E-state index >= 15 is 0 Å². The lowest BCUT2D eigenvalue weighted by Gasteiger charge is -2.42. The molecule has 0 fully saturated rings. The minimum Gasteiger partial charge on any atom is -0.355 e. The van der Waals surface area contributed by atoms with E-state index in [-0.39, 0.29) is 11.4 Å². The summed E-state index contributed by atoms with van der Waals surface area (Å²) in [5.74, 6) is 0.0224. The molecule has 1 N–H and O–H groups in total. The van der Waals surface area contributed by atoms with Gasteiger partial charge in [-0.1, -0.05) is 11.6 Å². The van der Waals surface area contributed by atoms with Crippen LogP contribution in [0, 0.1) is 6.92 Å². The van der Waals surface area contributed by atoms with Crippen molar-refractivity contribution in [3.05, 3.63) is 22.7 Å². The molecule has 0 saturated carbocycles. The molecule has 2 rings (SSSR count). The van der Waals surface area contributed by atoms with Crippen LogP contribution in [0.5, 0.6) is 0 Å². The predicted octanol–water partition coefficient (Wildman–Crippen LogP) is 3.21. The second-order valence-corrected chi connectivity index (χ2v) is 5.78. The minimum atomic E-state index is -0.109. The number of halogens is 1.